The quantitative estimate of drug-likeness (QED) is 0.749. The van der Waals surface area contributed by atoms with E-state index in [2.05, 4.69) is 29.6 Å². The van der Waals surface area contributed by atoms with E-state index in [9.17, 15) is 0 Å². The maximum atomic E-state index is 6.17. The van der Waals surface area contributed by atoms with Crippen molar-refractivity contribution in [2.45, 2.75) is 24.8 Å². The second-order valence-electron chi connectivity index (χ2n) is 5.30. The molecule has 0 saturated carbocycles. The van der Waals surface area contributed by atoms with Crippen LogP contribution in [-0.4, -0.2) is 7.05 Å². The Kier molecular flexibility index (Phi) is 5.56. The summed E-state index contributed by atoms with van der Waals surface area (Å²) in [5.41, 5.74) is 4.03. The van der Waals surface area contributed by atoms with Gasteiger partial charge in [0.2, 0.25) is 0 Å². The first kappa shape index (κ1) is 16.6. The highest BCUT2D eigenvalue weighted by atomic mass is 35.5. The number of benzene rings is 2. The maximum Gasteiger partial charge on any atom is 0.0409 e. The molecule has 0 saturated heterocycles. The third-order valence-electron chi connectivity index (χ3n) is 4.16. The lowest BCUT2D eigenvalue weighted by atomic mass is 9.77. The molecule has 1 N–H and O–H groups in total. The van der Waals surface area contributed by atoms with Gasteiger partial charge in [0.05, 0.1) is 0 Å². The topological polar surface area (TPSA) is 12.0 Å². The van der Waals surface area contributed by atoms with Crippen LogP contribution in [0, 0.1) is 0 Å². The van der Waals surface area contributed by atoms with Gasteiger partial charge in [-0.25, -0.2) is 0 Å². The van der Waals surface area contributed by atoms with Crippen LogP contribution in [0.15, 0.2) is 42.5 Å². The van der Waals surface area contributed by atoms with Crippen LogP contribution in [0.1, 0.15) is 41.5 Å². The summed E-state index contributed by atoms with van der Waals surface area (Å²) in [4.78, 5) is 0. The van der Waals surface area contributed by atoms with Crippen molar-refractivity contribution >= 4 is 35.6 Å². The van der Waals surface area contributed by atoms with Gasteiger partial charge >= 0.3 is 0 Å². The highest BCUT2D eigenvalue weighted by molar-refractivity contribution is 6.30. The number of rotatable bonds is 2. The molecule has 2 aromatic rings. The molecule has 1 aliphatic rings. The molecule has 1 unspecified atom stereocenters. The first-order valence-corrected chi connectivity index (χ1v) is 7.66. The van der Waals surface area contributed by atoms with E-state index in [1.54, 1.807) is 0 Å². The lowest BCUT2D eigenvalue weighted by Gasteiger charge is -2.32. The molecule has 4 heteroatoms. The Morgan fingerprint density at radius 1 is 0.905 bits per heavy atom. The van der Waals surface area contributed by atoms with E-state index in [-0.39, 0.29) is 12.4 Å². The second-order valence-corrected chi connectivity index (χ2v) is 6.17. The summed E-state index contributed by atoms with van der Waals surface area (Å²) < 4.78 is 0. The normalized spacial score (nSPS) is 20.5. The zero-order valence-electron chi connectivity index (χ0n) is 11.8. The van der Waals surface area contributed by atoms with Gasteiger partial charge in [-0.15, -0.1) is 12.4 Å². The van der Waals surface area contributed by atoms with Crippen LogP contribution in [0.3, 0.4) is 0 Å². The molecule has 0 radical (unpaired) electrons. The lowest BCUT2D eigenvalue weighted by molar-refractivity contribution is 0.471. The molecule has 0 heterocycles. The molecule has 3 rings (SSSR count). The zero-order valence-corrected chi connectivity index (χ0v) is 14.1. The van der Waals surface area contributed by atoms with E-state index in [1.807, 2.05) is 25.2 Å². The summed E-state index contributed by atoms with van der Waals surface area (Å²) in [5.74, 6) is 0.434. The Labute approximate surface area is 142 Å². The fourth-order valence-electron chi connectivity index (χ4n) is 3.15. The average molecular weight is 343 g/mol. The Balaban J connectivity index is 0.00000161. The van der Waals surface area contributed by atoms with E-state index in [0.717, 1.165) is 22.9 Å². The number of halogens is 3. The van der Waals surface area contributed by atoms with E-state index in [0.29, 0.717) is 12.0 Å². The van der Waals surface area contributed by atoms with Crippen molar-refractivity contribution in [1.29, 1.82) is 0 Å². The average Bonchev–Trinajstić information content (AvgIpc) is 2.47. The molecule has 1 aliphatic carbocycles. The van der Waals surface area contributed by atoms with Crippen LogP contribution in [0.5, 0.6) is 0 Å². The van der Waals surface area contributed by atoms with Gasteiger partial charge in [-0.1, -0.05) is 41.4 Å². The van der Waals surface area contributed by atoms with Crippen molar-refractivity contribution in [3.05, 3.63) is 69.2 Å². The second kappa shape index (κ2) is 7.02. The van der Waals surface area contributed by atoms with Gasteiger partial charge in [-0.3, -0.25) is 0 Å². The van der Waals surface area contributed by atoms with Crippen LogP contribution in [0.2, 0.25) is 10.0 Å². The fourth-order valence-corrected chi connectivity index (χ4v) is 3.46. The predicted molar refractivity (Wildman–Crippen MR) is 93.0 cm³/mol. The molecule has 0 aliphatic heterocycles. The molecule has 2 atom stereocenters. The molecule has 21 heavy (non-hydrogen) atoms. The number of hydrogen-bond donors (Lipinski definition) is 1. The van der Waals surface area contributed by atoms with Crippen LogP contribution < -0.4 is 5.32 Å². The number of hydrogen-bond acceptors (Lipinski definition) is 1. The first-order valence-electron chi connectivity index (χ1n) is 6.91. The Morgan fingerprint density at radius 2 is 1.57 bits per heavy atom. The van der Waals surface area contributed by atoms with Crippen molar-refractivity contribution in [2.75, 3.05) is 7.05 Å². The Hall–Kier alpha value is -0.730. The van der Waals surface area contributed by atoms with Gasteiger partial charge in [-0.2, -0.15) is 0 Å². The predicted octanol–water partition coefficient (Wildman–Crippen LogP) is 5.60. The molecule has 0 bridgehead atoms. The SMILES string of the molecule is CN[C@@H]1CCC(c2ccc(Cl)cc2)c2ccc(Cl)cc21.Cl. The van der Waals surface area contributed by atoms with Crippen LogP contribution in [0.4, 0.5) is 0 Å². The largest absolute Gasteiger partial charge is 0.313 e. The zero-order chi connectivity index (χ0) is 14.1. The van der Waals surface area contributed by atoms with E-state index < -0.39 is 0 Å². The van der Waals surface area contributed by atoms with Crippen molar-refractivity contribution in [3.63, 3.8) is 0 Å². The summed E-state index contributed by atoms with van der Waals surface area (Å²) in [6.07, 6.45) is 2.26. The van der Waals surface area contributed by atoms with Crippen LogP contribution in [-0.2, 0) is 0 Å². The van der Waals surface area contributed by atoms with Crippen molar-refractivity contribution < 1.29 is 0 Å². The summed E-state index contributed by atoms with van der Waals surface area (Å²) in [5, 5.41) is 4.98. The van der Waals surface area contributed by atoms with Crippen LogP contribution >= 0.6 is 35.6 Å². The Bertz CT molecular complexity index is 610. The number of fused-ring (bicyclic) bond motifs is 1. The molecular weight excluding hydrogens is 325 g/mol. The van der Waals surface area contributed by atoms with Gasteiger partial charge in [0, 0.05) is 22.0 Å². The minimum Gasteiger partial charge on any atom is -0.313 e. The maximum absolute atomic E-state index is 6.17. The van der Waals surface area contributed by atoms with Gasteiger partial charge in [0.1, 0.15) is 0 Å². The first-order chi connectivity index (χ1) is 9.69. The van der Waals surface area contributed by atoms with Gasteiger partial charge < -0.3 is 5.32 Å². The van der Waals surface area contributed by atoms with E-state index in [4.69, 9.17) is 23.2 Å². The van der Waals surface area contributed by atoms with E-state index in [1.165, 1.54) is 16.7 Å². The molecule has 1 nitrogen and oxygen atoms in total. The minimum atomic E-state index is 0. The molecule has 0 fully saturated rings. The fraction of sp³-hybridized carbons (Fsp3) is 0.294. The smallest absolute Gasteiger partial charge is 0.0409 e. The molecule has 0 aromatic heterocycles. The highest BCUT2D eigenvalue weighted by Gasteiger charge is 2.27. The van der Waals surface area contributed by atoms with Crippen LogP contribution in [0.25, 0.3) is 0 Å². The minimum absolute atomic E-state index is 0. The van der Waals surface area contributed by atoms with Gasteiger partial charge in [0.25, 0.3) is 0 Å². The van der Waals surface area contributed by atoms with Crippen molar-refractivity contribution in [1.82, 2.24) is 5.32 Å². The molecule has 112 valence electrons. The lowest BCUT2D eigenvalue weighted by Crippen LogP contribution is -2.24. The Morgan fingerprint density at radius 3 is 2.24 bits per heavy atom. The summed E-state index contributed by atoms with van der Waals surface area (Å²) in [6.45, 7) is 0. The molecular formula is C17H18Cl3N. The van der Waals surface area contributed by atoms with Crippen molar-refractivity contribution in [2.24, 2.45) is 0 Å². The standard InChI is InChI=1S/C17H17Cl2N.ClH/c1-20-17-9-8-14(11-2-4-12(18)5-3-11)15-7-6-13(19)10-16(15)17;/h2-7,10,14,17,20H,8-9H2,1H3;1H/t14?,17-;/m1./s1. The monoisotopic (exact) mass is 341 g/mol. The van der Waals surface area contributed by atoms with E-state index >= 15 is 0 Å². The third-order valence-corrected chi connectivity index (χ3v) is 4.65. The van der Waals surface area contributed by atoms with Gasteiger partial charge in [-0.05, 0) is 60.8 Å². The molecule has 0 spiro atoms. The highest BCUT2D eigenvalue weighted by Crippen LogP contribution is 2.42. The van der Waals surface area contributed by atoms with Crippen molar-refractivity contribution in [3.8, 4) is 0 Å². The molecule has 0 amide bonds. The third kappa shape index (κ3) is 3.37. The molecule has 2 aromatic carbocycles. The summed E-state index contributed by atoms with van der Waals surface area (Å²) >= 11 is 12.2. The van der Waals surface area contributed by atoms with Gasteiger partial charge in [0.15, 0.2) is 0 Å². The number of nitrogens with one attached hydrogen (secondary N) is 1. The summed E-state index contributed by atoms with van der Waals surface area (Å²) in [6, 6.07) is 14.8. The summed E-state index contributed by atoms with van der Waals surface area (Å²) in [7, 11) is 2.01.